The fourth-order valence-corrected chi connectivity index (χ4v) is 0.440. The van der Waals surface area contributed by atoms with E-state index in [-0.39, 0.29) is 6.61 Å². The number of rotatable bonds is 3. The average molecular weight is 182 g/mol. The molecule has 0 aliphatic rings. The molecule has 0 radical (unpaired) electrons. The van der Waals surface area contributed by atoms with Crippen molar-refractivity contribution in [2.45, 2.75) is 11.0 Å². The molecule has 0 saturated heterocycles. The molecule has 0 unspecified atom stereocenters. The molecule has 0 rings (SSSR count). The first-order valence-electron chi connectivity index (χ1n) is 2.77. The van der Waals surface area contributed by atoms with Crippen LogP contribution < -0.4 is 0 Å². The van der Waals surface area contributed by atoms with Gasteiger partial charge in [0, 0.05) is 0 Å². The van der Waals surface area contributed by atoms with E-state index < -0.39 is 16.7 Å². The number of ether oxygens (including phenoxy) is 1. The maximum atomic E-state index is 10.8. The van der Waals surface area contributed by atoms with Crippen molar-refractivity contribution < 1.29 is 14.6 Å². The number of thiol groups is 2. The third-order valence-electron chi connectivity index (χ3n) is 0.823. The molecule has 0 aliphatic heterocycles. The van der Waals surface area contributed by atoms with Crippen LogP contribution in [0.25, 0.3) is 0 Å². The van der Waals surface area contributed by atoms with Gasteiger partial charge in [0.2, 0.25) is 0 Å². The molecule has 0 atom stereocenters. The van der Waals surface area contributed by atoms with Crippen LogP contribution in [-0.2, 0) is 9.53 Å². The van der Waals surface area contributed by atoms with Crippen LogP contribution >= 0.6 is 25.3 Å². The Morgan fingerprint density at radius 3 is 2.50 bits per heavy atom. The normalized spacial score (nSPS) is 11.2. The topological polar surface area (TPSA) is 46.5 Å². The van der Waals surface area contributed by atoms with Gasteiger partial charge in [-0.15, -0.1) is 25.3 Å². The lowest BCUT2D eigenvalue weighted by Gasteiger charge is -2.16. The number of carbonyl (C=O) groups is 1. The van der Waals surface area contributed by atoms with Crippen molar-refractivity contribution in [2.24, 2.45) is 0 Å². The van der Waals surface area contributed by atoms with E-state index in [0.29, 0.717) is 0 Å². The summed E-state index contributed by atoms with van der Waals surface area (Å²) in [6.07, 6.45) is 0. The van der Waals surface area contributed by atoms with Crippen molar-refractivity contribution in [1.29, 1.82) is 0 Å². The first-order chi connectivity index (χ1) is 4.54. The molecule has 0 amide bonds. The highest BCUT2D eigenvalue weighted by Crippen LogP contribution is 2.19. The van der Waals surface area contributed by atoms with E-state index in [1.165, 1.54) is 0 Å². The summed E-state index contributed by atoms with van der Waals surface area (Å²) in [5.41, 5.74) is 0. The number of aliphatic hydroxyl groups excluding tert-OH is 1. The minimum absolute atomic E-state index is 0.266. The van der Waals surface area contributed by atoms with Crippen LogP contribution in [0.4, 0.5) is 0 Å². The Balaban J connectivity index is 3.91. The molecule has 0 saturated carbocycles. The molecule has 10 heavy (non-hydrogen) atoms. The van der Waals surface area contributed by atoms with Crippen molar-refractivity contribution >= 4 is 31.2 Å². The lowest BCUT2D eigenvalue weighted by molar-refractivity contribution is -0.144. The minimum atomic E-state index is -1.37. The maximum absolute atomic E-state index is 10.8. The van der Waals surface area contributed by atoms with Crippen molar-refractivity contribution in [2.75, 3.05) is 13.2 Å². The second kappa shape index (κ2) is 4.10. The van der Waals surface area contributed by atoms with Crippen LogP contribution in [0, 0.1) is 0 Å². The minimum Gasteiger partial charge on any atom is -0.464 e. The van der Waals surface area contributed by atoms with Gasteiger partial charge in [0.25, 0.3) is 0 Å². The lowest BCUT2D eigenvalue weighted by Crippen LogP contribution is -2.32. The summed E-state index contributed by atoms with van der Waals surface area (Å²) in [5.74, 6) is -0.621. The van der Waals surface area contributed by atoms with Crippen molar-refractivity contribution in [3.05, 3.63) is 0 Å². The number of carbonyl (C=O) groups excluding carboxylic acids is 1. The van der Waals surface area contributed by atoms with Crippen LogP contribution in [0.15, 0.2) is 0 Å². The first-order valence-corrected chi connectivity index (χ1v) is 3.67. The predicted molar refractivity (Wildman–Crippen MR) is 44.4 cm³/mol. The van der Waals surface area contributed by atoms with Gasteiger partial charge in [-0.3, -0.25) is 0 Å². The highest BCUT2D eigenvalue weighted by atomic mass is 32.2. The largest absolute Gasteiger partial charge is 0.464 e. The molecule has 0 bridgehead atoms. The van der Waals surface area contributed by atoms with E-state index in [4.69, 9.17) is 5.11 Å². The van der Waals surface area contributed by atoms with Gasteiger partial charge in [0.05, 0.1) is 13.2 Å². The molecular weight excluding hydrogens is 172 g/mol. The second-order valence-corrected chi connectivity index (χ2v) is 3.57. The zero-order valence-electron chi connectivity index (χ0n) is 5.57. The number of hydrogen-bond acceptors (Lipinski definition) is 5. The predicted octanol–water partition coefficient (Wildman–Crippen LogP) is 0.0977. The van der Waals surface area contributed by atoms with Gasteiger partial charge in [0.15, 0.2) is 4.08 Å². The van der Waals surface area contributed by atoms with E-state index in [1.54, 1.807) is 6.92 Å². The molecule has 60 valence electrons. The molecule has 5 heteroatoms. The number of esters is 1. The summed E-state index contributed by atoms with van der Waals surface area (Å²) in [6, 6.07) is 0. The molecule has 0 aromatic carbocycles. The highest BCUT2D eigenvalue weighted by Gasteiger charge is 2.30. The smallest absolute Gasteiger partial charge is 0.334 e. The fourth-order valence-electron chi connectivity index (χ4n) is 0.311. The van der Waals surface area contributed by atoms with Gasteiger partial charge in [-0.05, 0) is 6.92 Å². The molecule has 3 nitrogen and oxygen atoms in total. The molecule has 0 heterocycles. The zero-order valence-corrected chi connectivity index (χ0v) is 7.36. The molecular formula is C5H10O3S2. The highest BCUT2D eigenvalue weighted by molar-refractivity contribution is 8.02. The SMILES string of the molecule is CCOC(=O)C(S)(S)CO. The fraction of sp³-hybridized carbons (Fsp3) is 0.800. The van der Waals surface area contributed by atoms with Gasteiger partial charge in [-0.2, -0.15) is 0 Å². The number of hydrogen-bond donors (Lipinski definition) is 3. The van der Waals surface area contributed by atoms with Crippen LogP contribution in [0.2, 0.25) is 0 Å². The van der Waals surface area contributed by atoms with Gasteiger partial charge in [-0.25, -0.2) is 4.79 Å². The van der Waals surface area contributed by atoms with E-state index in [1.807, 2.05) is 0 Å². The average Bonchev–Trinajstić information content (AvgIpc) is 1.89. The Hall–Kier alpha value is 0.130. The molecule has 0 aromatic rings. The Morgan fingerprint density at radius 1 is 1.70 bits per heavy atom. The summed E-state index contributed by atoms with van der Waals surface area (Å²) >= 11 is 7.51. The van der Waals surface area contributed by atoms with Crippen LogP contribution in [0.5, 0.6) is 0 Å². The Morgan fingerprint density at radius 2 is 2.20 bits per heavy atom. The van der Waals surface area contributed by atoms with Crippen molar-refractivity contribution in [3.8, 4) is 0 Å². The maximum Gasteiger partial charge on any atom is 0.334 e. The van der Waals surface area contributed by atoms with E-state index in [2.05, 4.69) is 30.0 Å². The van der Waals surface area contributed by atoms with Crippen LogP contribution in [0.1, 0.15) is 6.92 Å². The van der Waals surface area contributed by atoms with E-state index in [9.17, 15) is 4.79 Å². The quantitative estimate of drug-likeness (QED) is 0.329. The third kappa shape index (κ3) is 2.81. The van der Waals surface area contributed by atoms with Gasteiger partial charge in [0.1, 0.15) is 0 Å². The zero-order chi connectivity index (χ0) is 8.20. The molecule has 0 aromatic heterocycles. The molecule has 0 spiro atoms. The summed E-state index contributed by atoms with van der Waals surface area (Å²) in [5, 5.41) is 8.54. The lowest BCUT2D eigenvalue weighted by atomic mass is 10.4. The Kier molecular flexibility index (Phi) is 4.15. The van der Waals surface area contributed by atoms with Crippen molar-refractivity contribution in [3.63, 3.8) is 0 Å². The summed E-state index contributed by atoms with van der Waals surface area (Å²) in [6.45, 7) is 1.49. The van der Waals surface area contributed by atoms with Crippen LogP contribution in [-0.4, -0.2) is 28.4 Å². The molecule has 0 fully saturated rings. The monoisotopic (exact) mass is 182 g/mol. The Bertz CT molecular complexity index is 124. The van der Waals surface area contributed by atoms with Gasteiger partial charge in [-0.1, -0.05) is 0 Å². The standard InChI is InChI=1S/C5H10O3S2/c1-2-8-4(7)5(9,10)3-6/h6,9-10H,2-3H2,1H3. The van der Waals surface area contributed by atoms with E-state index >= 15 is 0 Å². The van der Waals surface area contributed by atoms with E-state index in [0.717, 1.165) is 0 Å². The second-order valence-electron chi connectivity index (χ2n) is 1.70. The molecule has 0 aliphatic carbocycles. The van der Waals surface area contributed by atoms with Crippen LogP contribution in [0.3, 0.4) is 0 Å². The molecule has 1 N–H and O–H groups in total. The number of aliphatic hydroxyl groups is 1. The summed E-state index contributed by atoms with van der Waals surface area (Å²) < 4.78 is 3.18. The summed E-state index contributed by atoms with van der Waals surface area (Å²) in [7, 11) is 0. The third-order valence-corrected chi connectivity index (χ3v) is 1.47. The summed E-state index contributed by atoms with van der Waals surface area (Å²) in [4.78, 5) is 10.8. The van der Waals surface area contributed by atoms with Gasteiger partial charge < -0.3 is 9.84 Å². The van der Waals surface area contributed by atoms with Crippen molar-refractivity contribution in [1.82, 2.24) is 0 Å². The Labute approximate surface area is 70.6 Å². The van der Waals surface area contributed by atoms with Gasteiger partial charge >= 0.3 is 5.97 Å². The first kappa shape index (κ1) is 10.1.